The van der Waals surface area contributed by atoms with Crippen LogP contribution in [0.3, 0.4) is 0 Å². The Morgan fingerprint density at radius 3 is 2.46 bits per heavy atom. The lowest BCUT2D eigenvalue weighted by atomic mass is 10.2. The van der Waals surface area contributed by atoms with E-state index in [4.69, 9.17) is 0 Å². The maximum atomic E-state index is 13.1. The second-order valence-corrected chi connectivity index (χ2v) is 8.93. The smallest absolute Gasteiger partial charge is 0.270 e. The number of hydrogen-bond acceptors (Lipinski definition) is 4. The van der Waals surface area contributed by atoms with Crippen molar-refractivity contribution in [3.63, 3.8) is 0 Å². The van der Waals surface area contributed by atoms with E-state index in [0.717, 1.165) is 21.2 Å². The number of anilines is 1. The fraction of sp³-hybridized carbons (Fsp3) is 0.278. The molecule has 0 N–H and O–H groups in total. The van der Waals surface area contributed by atoms with Crippen LogP contribution in [0.1, 0.15) is 25.3 Å². The van der Waals surface area contributed by atoms with E-state index in [1.165, 1.54) is 0 Å². The Bertz CT molecular complexity index is 860. The summed E-state index contributed by atoms with van der Waals surface area (Å²) in [6, 6.07) is 13.8. The Kier molecular flexibility index (Phi) is 4.69. The maximum absolute atomic E-state index is 13.1. The van der Waals surface area contributed by atoms with Gasteiger partial charge in [-0.15, -0.1) is 11.8 Å². The normalized spacial score (nSPS) is 18.2. The molecule has 0 saturated heterocycles. The molecule has 1 atom stereocenters. The predicted molar refractivity (Wildman–Crippen MR) is 96.8 cm³/mol. The van der Waals surface area contributed by atoms with Crippen molar-refractivity contribution in [1.29, 1.82) is 0 Å². The Labute approximate surface area is 146 Å². The van der Waals surface area contributed by atoms with Crippen molar-refractivity contribution in [2.24, 2.45) is 0 Å². The van der Waals surface area contributed by atoms with Crippen molar-refractivity contribution in [1.82, 2.24) is 0 Å². The number of para-hydroxylation sites is 1. The molecule has 4 nitrogen and oxygen atoms in total. The van der Waals surface area contributed by atoms with Crippen LogP contribution < -0.4 is 4.31 Å². The molecule has 1 amide bonds. The first-order valence-electron chi connectivity index (χ1n) is 7.84. The zero-order valence-corrected chi connectivity index (χ0v) is 15.2. The molecule has 126 valence electrons. The summed E-state index contributed by atoms with van der Waals surface area (Å²) < 4.78 is 27.2. The van der Waals surface area contributed by atoms with E-state index in [9.17, 15) is 13.2 Å². The molecule has 0 aromatic heterocycles. The molecule has 0 spiro atoms. The number of carbonyl (C=O) groups excluding carboxylic acids is 1. The summed E-state index contributed by atoms with van der Waals surface area (Å²) in [5.74, 6) is -0.375. The van der Waals surface area contributed by atoms with E-state index in [2.05, 4.69) is 0 Å². The zero-order valence-electron chi connectivity index (χ0n) is 13.6. The van der Waals surface area contributed by atoms with Crippen molar-refractivity contribution in [3.8, 4) is 0 Å². The summed E-state index contributed by atoms with van der Waals surface area (Å²) in [4.78, 5) is 13.7. The Balaban J connectivity index is 2.14. The fourth-order valence-corrected chi connectivity index (χ4v) is 5.36. The number of sulfonamides is 1. The number of nitrogens with zero attached hydrogens (tertiary/aromatic N) is 1. The van der Waals surface area contributed by atoms with Gasteiger partial charge < -0.3 is 0 Å². The highest BCUT2D eigenvalue weighted by molar-refractivity contribution is 8.00. The topological polar surface area (TPSA) is 54.5 Å². The van der Waals surface area contributed by atoms with E-state index in [1.807, 2.05) is 26.0 Å². The van der Waals surface area contributed by atoms with Gasteiger partial charge in [-0.2, -0.15) is 0 Å². The van der Waals surface area contributed by atoms with Crippen molar-refractivity contribution >= 4 is 33.4 Å². The van der Waals surface area contributed by atoms with Crippen LogP contribution >= 0.6 is 11.8 Å². The summed E-state index contributed by atoms with van der Waals surface area (Å²) in [6.07, 6.45) is 1.02. The number of carbonyl (C=O) groups is 1. The van der Waals surface area contributed by atoms with Gasteiger partial charge in [0.1, 0.15) is 0 Å². The van der Waals surface area contributed by atoms with E-state index in [-0.39, 0.29) is 22.5 Å². The second-order valence-electron chi connectivity index (χ2n) is 5.80. The minimum Gasteiger partial charge on any atom is -0.273 e. The van der Waals surface area contributed by atoms with Crippen LogP contribution in [0.5, 0.6) is 0 Å². The molecule has 0 fully saturated rings. The number of fused-ring (bicyclic) bond motifs is 1. The molecular formula is C18H19NO3S2. The van der Waals surface area contributed by atoms with Gasteiger partial charge in [0.15, 0.2) is 0 Å². The number of aryl methyl sites for hydroxylation is 1. The average Bonchev–Trinajstić information content (AvgIpc) is 2.70. The molecule has 0 radical (unpaired) electrons. The summed E-state index contributed by atoms with van der Waals surface area (Å²) in [7, 11) is -3.93. The van der Waals surface area contributed by atoms with Crippen LogP contribution in [0.25, 0.3) is 0 Å². The Hall–Kier alpha value is -1.79. The molecular weight excluding hydrogens is 342 g/mol. The largest absolute Gasteiger partial charge is 0.273 e. The van der Waals surface area contributed by atoms with Gasteiger partial charge in [0.05, 0.1) is 10.6 Å². The Morgan fingerprint density at radius 2 is 1.79 bits per heavy atom. The first-order chi connectivity index (χ1) is 11.4. The molecule has 1 aliphatic rings. The highest BCUT2D eigenvalue weighted by Gasteiger charge is 2.36. The van der Waals surface area contributed by atoms with Crippen LogP contribution in [-0.4, -0.2) is 19.6 Å². The fourth-order valence-electron chi connectivity index (χ4n) is 2.66. The first-order valence-corrected chi connectivity index (χ1v) is 10.2. The van der Waals surface area contributed by atoms with Crippen molar-refractivity contribution in [2.75, 3.05) is 4.31 Å². The maximum Gasteiger partial charge on any atom is 0.270 e. The van der Waals surface area contributed by atoms with Crippen molar-refractivity contribution < 1.29 is 13.2 Å². The van der Waals surface area contributed by atoms with Crippen LogP contribution in [0.4, 0.5) is 5.69 Å². The standard InChI is InChI=1S/C18H19NO3S2/c1-3-14-12-18(20)19(16-6-4-5-7-17(16)23-14)24(21,22)15-10-8-13(2)9-11-15/h4-11,14H,3,12H2,1-2H3/t14-/m0/s1. The van der Waals surface area contributed by atoms with Crippen molar-refractivity contribution in [2.45, 2.75) is 41.7 Å². The average molecular weight is 361 g/mol. The zero-order chi connectivity index (χ0) is 17.3. The second kappa shape index (κ2) is 6.61. The van der Waals surface area contributed by atoms with E-state index in [0.29, 0.717) is 5.69 Å². The molecule has 2 aromatic rings. The summed E-state index contributed by atoms with van der Waals surface area (Å²) in [5, 5.41) is 0.0804. The molecule has 0 saturated carbocycles. The van der Waals surface area contributed by atoms with E-state index in [1.54, 1.807) is 48.2 Å². The summed E-state index contributed by atoms with van der Waals surface area (Å²) in [5.41, 5.74) is 1.42. The van der Waals surface area contributed by atoms with Crippen LogP contribution in [0.15, 0.2) is 58.3 Å². The van der Waals surface area contributed by atoms with Crippen LogP contribution in [-0.2, 0) is 14.8 Å². The lowest BCUT2D eigenvalue weighted by Crippen LogP contribution is -2.37. The quantitative estimate of drug-likeness (QED) is 0.829. The molecule has 6 heteroatoms. The lowest BCUT2D eigenvalue weighted by Gasteiger charge is -2.22. The molecule has 3 rings (SSSR count). The third-order valence-electron chi connectivity index (χ3n) is 4.02. The van der Waals surface area contributed by atoms with Gasteiger partial charge in [0, 0.05) is 16.6 Å². The summed E-state index contributed by atoms with van der Waals surface area (Å²) >= 11 is 1.57. The summed E-state index contributed by atoms with van der Waals surface area (Å²) in [6.45, 7) is 3.91. The molecule has 0 aliphatic carbocycles. The third-order valence-corrected chi connectivity index (χ3v) is 7.20. The molecule has 0 bridgehead atoms. The van der Waals surface area contributed by atoms with Gasteiger partial charge in [-0.3, -0.25) is 4.79 Å². The van der Waals surface area contributed by atoms with Crippen LogP contribution in [0.2, 0.25) is 0 Å². The number of benzene rings is 2. The highest BCUT2D eigenvalue weighted by Crippen LogP contribution is 2.41. The Morgan fingerprint density at radius 1 is 1.12 bits per heavy atom. The third kappa shape index (κ3) is 3.08. The molecule has 24 heavy (non-hydrogen) atoms. The van der Waals surface area contributed by atoms with E-state index >= 15 is 0 Å². The lowest BCUT2D eigenvalue weighted by molar-refractivity contribution is -0.117. The first kappa shape index (κ1) is 17.0. The number of hydrogen-bond donors (Lipinski definition) is 0. The van der Waals surface area contributed by atoms with Gasteiger partial charge in [0.25, 0.3) is 10.0 Å². The molecule has 1 heterocycles. The molecule has 1 aliphatic heterocycles. The van der Waals surface area contributed by atoms with Gasteiger partial charge in [0.2, 0.25) is 5.91 Å². The predicted octanol–water partition coefficient (Wildman–Crippen LogP) is 3.99. The minimum atomic E-state index is -3.93. The monoisotopic (exact) mass is 361 g/mol. The van der Waals surface area contributed by atoms with Crippen LogP contribution in [0, 0.1) is 6.92 Å². The van der Waals surface area contributed by atoms with Gasteiger partial charge in [-0.1, -0.05) is 36.8 Å². The van der Waals surface area contributed by atoms with Gasteiger partial charge in [-0.05, 0) is 37.6 Å². The number of thioether (sulfide) groups is 1. The SMILES string of the molecule is CC[C@H]1CC(=O)N(S(=O)(=O)c2ccc(C)cc2)c2ccccc2S1. The minimum absolute atomic E-state index is 0.0804. The molecule has 0 unspecified atom stereocenters. The van der Waals surface area contributed by atoms with E-state index < -0.39 is 10.0 Å². The highest BCUT2D eigenvalue weighted by atomic mass is 32.2. The number of amides is 1. The molecule has 2 aromatic carbocycles. The van der Waals surface area contributed by atoms with Crippen molar-refractivity contribution in [3.05, 3.63) is 54.1 Å². The van der Waals surface area contributed by atoms with Gasteiger partial charge in [-0.25, -0.2) is 12.7 Å². The van der Waals surface area contributed by atoms with Gasteiger partial charge >= 0.3 is 0 Å². The number of rotatable bonds is 3.